The molecule has 1 atom stereocenters. The molecule has 0 aromatic heterocycles. The highest BCUT2D eigenvalue weighted by Crippen LogP contribution is 2.16. The Bertz CT molecular complexity index is 382. The minimum atomic E-state index is -0.408. The molecule has 1 unspecified atom stereocenters. The van der Waals surface area contributed by atoms with Crippen LogP contribution in [0.5, 0.6) is 0 Å². The molecule has 17 heavy (non-hydrogen) atoms. The van der Waals surface area contributed by atoms with E-state index in [0.29, 0.717) is 24.2 Å². The van der Waals surface area contributed by atoms with Crippen molar-refractivity contribution in [1.82, 2.24) is 0 Å². The van der Waals surface area contributed by atoms with Crippen molar-refractivity contribution in [3.63, 3.8) is 0 Å². The third-order valence-corrected chi connectivity index (χ3v) is 2.67. The normalized spacial score (nSPS) is 12.5. The van der Waals surface area contributed by atoms with Gasteiger partial charge in [-0.15, -0.1) is 0 Å². The van der Waals surface area contributed by atoms with E-state index in [4.69, 9.17) is 4.74 Å². The van der Waals surface area contributed by atoms with E-state index in [0.717, 1.165) is 6.42 Å². The first-order valence-corrected chi connectivity index (χ1v) is 6.02. The van der Waals surface area contributed by atoms with Crippen molar-refractivity contribution in [3.8, 4) is 0 Å². The quantitative estimate of drug-likeness (QED) is 0.709. The fraction of sp³-hybridized carbons (Fsp3) is 0.500. The molecule has 0 fully saturated rings. The zero-order chi connectivity index (χ0) is 12.8. The molecule has 0 aliphatic carbocycles. The van der Waals surface area contributed by atoms with Gasteiger partial charge in [-0.25, -0.2) is 4.39 Å². The van der Waals surface area contributed by atoms with E-state index in [-0.39, 0.29) is 11.6 Å². The third-order valence-electron chi connectivity index (χ3n) is 2.67. The number of halogens is 1. The van der Waals surface area contributed by atoms with Crippen LogP contribution in [-0.4, -0.2) is 18.5 Å². The maximum absolute atomic E-state index is 13.0. The lowest BCUT2D eigenvalue weighted by Gasteiger charge is -2.16. The van der Waals surface area contributed by atoms with E-state index in [1.165, 1.54) is 18.2 Å². The van der Waals surface area contributed by atoms with Crippen LogP contribution >= 0.6 is 0 Å². The molecular weight excluding hydrogens is 219 g/mol. The Hall–Kier alpha value is -1.22. The summed E-state index contributed by atoms with van der Waals surface area (Å²) >= 11 is 0. The van der Waals surface area contributed by atoms with Crippen LogP contribution in [0.2, 0.25) is 0 Å². The van der Waals surface area contributed by atoms with Crippen LogP contribution in [0.15, 0.2) is 18.2 Å². The lowest BCUT2D eigenvalue weighted by molar-refractivity contribution is 0.0422. The Morgan fingerprint density at radius 1 is 1.41 bits per heavy atom. The maximum atomic E-state index is 13.0. The van der Waals surface area contributed by atoms with Gasteiger partial charge in [0, 0.05) is 12.2 Å². The predicted octanol–water partition coefficient (Wildman–Crippen LogP) is 3.52. The maximum Gasteiger partial charge on any atom is 0.191 e. The van der Waals surface area contributed by atoms with Gasteiger partial charge in [0.1, 0.15) is 11.9 Å². The highest BCUT2D eigenvalue weighted by atomic mass is 19.1. The number of ketones is 1. The Morgan fingerprint density at radius 2 is 2.12 bits per heavy atom. The second kappa shape index (κ2) is 6.50. The number of carbonyl (C=O) groups excluding carboxylic acids is 1. The van der Waals surface area contributed by atoms with Gasteiger partial charge in [-0.2, -0.15) is 0 Å². The molecule has 3 heteroatoms. The summed E-state index contributed by atoms with van der Waals surface area (Å²) in [4.78, 5) is 12.2. The molecular formula is C14H19FO2. The molecule has 94 valence electrons. The molecule has 0 aliphatic rings. The monoisotopic (exact) mass is 238 g/mol. The summed E-state index contributed by atoms with van der Waals surface area (Å²) in [6.07, 6.45) is 1.18. The first kappa shape index (κ1) is 13.8. The highest BCUT2D eigenvalue weighted by Gasteiger charge is 2.21. The second-order valence-corrected chi connectivity index (χ2v) is 4.06. The van der Waals surface area contributed by atoms with Crippen molar-refractivity contribution in [3.05, 3.63) is 35.1 Å². The van der Waals surface area contributed by atoms with Crippen molar-refractivity contribution in [1.29, 1.82) is 0 Å². The Balaban J connectivity index is 2.92. The molecule has 0 aliphatic heterocycles. The average molecular weight is 238 g/mol. The van der Waals surface area contributed by atoms with Gasteiger partial charge >= 0.3 is 0 Å². The Labute approximate surface area is 102 Å². The smallest absolute Gasteiger partial charge is 0.191 e. The lowest BCUT2D eigenvalue weighted by Crippen LogP contribution is -2.25. The first-order valence-electron chi connectivity index (χ1n) is 6.02. The Morgan fingerprint density at radius 3 is 2.65 bits per heavy atom. The SMILES string of the molecule is CCCC(OCC)C(=O)c1ccc(F)cc1C. The molecule has 0 spiro atoms. The number of hydrogen-bond donors (Lipinski definition) is 0. The van der Waals surface area contributed by atoms with Crippen molar-refractivity contribution in [2.75, 3.05) is 6.61 Å². The molecule has 0 bridgehead atoms. The van der Waals surface area contributed by atoms with Crippen molar-refractivity contribution < 1.29 is 13.9 Å². The zero-order valence-corrected chi connectivity index (χ0v) is 10.6. The van der Waals surface area contributed by atoms with Crippen LogP contribution in [0, 0.1) is 12.7 Å². The molecule has 0 radical (unpaired) electrons. The summed E-state index contributed by atoms with van der Waals surface area (Å²) < 4.78 is 18.4. The van der Waals surface area contributed by atoms with E-state index in [1.807, 2.05) is 13.8 Å². The van der Waals surface area contributed by atoms with Crippen LogP contribution < -0.4 is 0 Å². The van der Waals surface area contributed by atoms with Gasteiger partial charge in [0.25, 0.3) is 0 Å². The summed E-state index contributed by atoms with van der Waals surface area (Å²) in [5.74, 6) is -0.367. The van der Waals surface area contributed by atoms with Crippen molar-refractivity contribution in [2.45, 2.75) is 39.7 Å². The van der Waals surface area contributed by atoms with E-state index >= 15 is 0 Å². The van der Waals surface area contributed by atoms with E-state index in [2.05, 4.69) is 0 Å². The van der Waals surface area contributed by atoms with E-state index in [1.54, 1.807) is 6.92 Å². The number of benzene rings is 1. The fourth-order valence-corrected chi connectivity index (χ4v) is 1.83. The van der Waals surface area contributed by atoms with Crippen LogP contribution in [0.4, 0.5) is 4.39 Å². The summed E-state index contributed by atoms with van der Waals surface area (Å²) in [7, 11) is 0. The van der Waals surface area contributed by atoms with Crippen LogP contribution in [0.1, 0.15) is 42.6 Å². The summed E-state index contributed by atoms with van der Waals surface area (Å²) in [6, 6.07) is 4.23. The van der Waals surface area contributed by atoms with Gasteiger partial charge in [0.05, 0.1) is 0 Å². The predicted molar refractivity (Wildman–Crippen MR) is 65.8 cm³/mol. The number of hydrogen-bond acceptors (Lipinski definition) is 2. The molecule has 0 amide bonds. The number of rotatable bonds is 6. The van der Waals surface area contributed by atoms with Gasteiger partial charge in [-0.3, -0.25) is 4.79 Å². The van der Waals surface area contributed by atoms with Crippen LogP contribution in [-0.2, 0) is 4.74 Å². The van der Waals surface area contributed by atoms with Gasteiger partial charge in [-0.1, -0.05) is 13.3 Å². The average Bonchev–Trinajstić information content (AvgIpc) is 2.28. The highest BCUT2D eigenvalue weighted by molar-refractivity contribution is 6.00. The number of Topliss-reactive ketones (excluding diaryl/α,β-unsaturated/α-hetero) is 1. The van der Waals surface area contributed by atoms with E-state index < -0.39 is 6.10 Å². The molecule has 2 nitrogen and oxygen atoms in total. The second-order valence-electron chi connectivity index (χ2n) is 4.06. The topological polar surface area (TPSA) is 26.3 Å². The molecule has 0 saturated heterocycles. The minimum absolute atomic E-state index is 0.0498. The molecule has 1 rings (SSSR count). The molecule has 1 aromatic rings. The number of aryl methyl sites for hydroxylation is 1. The standard InChI is InChI=1S/C14H19FO2/c1-4-6-13(17-5-2)14(16)12-8-7-11(15)9-10(12)3/h7-9,13H,4-6H2,1-3H3. The molecule has 1 aromatic carbocycles. The molecule has 0 heterocycles. The third kappa shape index (κ3) is 3.63. The van der Waals surface area contributed by atoms with Crippen molar-refractivity contribution in [2.24, 2.45) is 0 Å². The minimum Gasteiger partial charge on any atom is -0.370 e. The largest absolute Gasteiger partial charge is 0.370 e. The van der Waals surface area contributed by atoms with Crippen LogP contribution in [0.25, 0.3) is 0 Å². The van der Waals surface area contributed by atoms with Crippen molar-refractivity contribution >= 4 is 5.78 Å². The van der Waals surface area contributed by atoms with Gasteiger partial charge in [-0.05, 0) is 44.0 Å². The molecule has 0 saturated carbocycles. The summed E-state index contributed by atoms with van der Waals surface area (Å²) in [5.41, 5.74) is 1.22. The number of ether oxygens (including phenoxy) is 1. The summed E-state index contributed by atoms with van der Waals surface area (Å²) in [6.45, 7) is 6.13. The fourth-order valence-electron chi connectivity index (χ4n) is 1.83. The summed E-state index contributed by atoms with van der Waals surface area (Å²) in [5, 5.41) is 0. The van der Waals surface area contributed by atoms with Crippen LogP contribution in [0.3, 0.4) is 0 Å². The Kier molecular flexibility index (Phi) is 5.29. The zero-order valence-electron chi connectivity index (χ0n) is 10.6. The first-order chi connectivity index (χ1) is 8.10. The number of carbonyl (C=O) groups is 1. The van der Waals surface area contributed by atoms with Gasteiger partial charge in [0.2, 0.25) is 0 Å². The van der Waals surface area contributed by atoms with Gasteiger partial charge in [0.15, 0.2) is 5.78 Å². The van der Waals surface area contributed by atoms with Gasteiger partial charge < -0.3 is 4.74 Å². The molecule has 0 N–H and O–H groups in total. The van der Waals surface area contributed by atoms with E-state index in [9.17, 15) is 9.18 Å². The lowest BCUT2D eigenvalue weighted by atomic mass is 9.98.